The number of hydrogen-bond acceptors (Lipinski definition) is 4. The summed E-state index contributed by atoms with van der Waals surface area (Å²) < 4.78 is 32.4. The van der Waals surface area contributed by atoms with Crippen LogP contribution in [0.15, 0.2) is 23.7 Å². The van der Waals surface area contributed by atoms with Crippen molar-refractivity contribution in [2.45, 2.75) is 13.0 Å². The van der Waals surface area contributed by atoms with E-state index in [1.165, 1.54) is 23.5 Å². The van der Waals surface area contributed by atoms with Crippen LogP contribution in [-0.4, -0.2) is 11.5 Å². The average Bonchev–Trinajstić information content (AvgIpc) is 2.81. The molecule has 6 heteroatoms. The molecule has 0 radical (unpaired) electrons. The van der Waals surface area contributed by atoms with Crippen molar-refractivity contribution in [3.8, 4) is 5.75 Å². The fourth-order valence-corrected chi connectivity index (χ4v) is 2.05. The van der Waals surface area contributed by atoms with Crippen LogP contribution >= 0.6 is 11.3 Å². The molecule has 0 bridgehead atoms. The summed E-state index contributed by atoms with van der Waals surface area (Å²) in [6.45, 7) is 0.403. The van der Waals surface area contributed by atoms with Crippen molar-refractivity contribution in [2.24, 2.45) is 5.73 Å². The number of thiazole rings is 1. The lowest BCUT2D eigenvalue weighted by Crippen LogP contribution is -2.05. The molecule has 2 N–H and O–H groups in total. The molecule has 2 aromatic rings. The number of halogens is 2. The summed E-state index contributed by atoms with van der Waals surface area (Å²) in [6, 6.07) is 2.49. The smallest absolute Gasteiger partial charge is 0.191 e. The highest BCUT2D eigenvalue weighted by molar-refractivity contribution is 7.09. The fourth-order valence-electron chi connectivity index (χ4n) is 1.52. The van der Waals surface area contributed by atoms with Gasteiger partial charge in [0.25, 0.3) is 0 Å². The first kappa shape index (κ1) is 12.9. The molecule has 0 spiro atoms. The fraction of sp³-hybridized carbons (Fsp3) is 0.250. The Morgan fingerprint density at radius 2 is 2.00 bits per heavy atom. The van der Waals surface area contributed by atoms with Crippen molar-refractivity contribution in [2.75, 3.05) is 6.54 Å². The van der Waals surface area contributed by atoms with Crippen LogP contribution in [0.4, 0.5) is 8.78 Å². The van der Waals surface area contributed by atoms with Gasteiger partial charge in [0.1, 0.15) is 11.6 Å². The van der Waals surface area contributed by atoms with Gasteiger partial charge in [0, 0.05) is 11.6 Å². The molecule has 1 aromatic carbocycles. The molecule has 0 aliphatic heterocycles. The standard InChI is InChI=1S/C12H12F2N2OS/c13-9-5-8(1-2-15)6-10(14)12(9)17-7-11-16-3-4-18-11/h3-6H,1-2,7,15H2. The van der Waals surface area contributed by atoms with Crippen LogP contribution in [0.3, 0.4) is 0 Å². The molecule has 0 unspecified atom stereocenters. The Labute approximate surface area is 107 Å². The second kappa shape index (κ2) is 5.88. The van der Waals surface area contributed by atoms with Crippen molar-refractivity contribution in [1.29, 1.82) is 0 Å². The van der Waals surface area contributed by atoms with E-state index in [-0.39, 0.29) is 12.4 Å². The number of hydrogen-bond donors (Lipinski definition) is 1. The Morgan fingerprint density at radius 1 is 1.28 bits per heavy atom. The first-order valence-electron chi connectivity index (χ1n) is 5.40. The molecular formula is C12H12F2N2OS. The summed E-state index contributed by atoms with van der Waals surface area (Å²) in [6.07, 6.45) is 2.04. The highest BCUT2D eigenvalue weighted by Gasteiger charge is 2.13. The summed E-state index contributed by atoms with van der Waals surface area (Å²) in [5.74, 6) is -1.80. The molecular weight excluding hydrogens is 258 g/mol. The number of nitrogens with two attached hydrogens (primary N) is 1. The summed E-state index contributed by atoms with van der Waals surface area (Å²) in [5.41, 5.74) is 5.86. The summed E-state index contributed by atoms with van der Waals surface area (Å²) in [7, 11) is 0. The van der Waals surface area contributed by atoms with Crippen molar-refractivity contribution >= 4 is 11.3 Å². The molecule has 1 heterocycles. The van der Waals surface area contributed by atoms with Crippen molar-refractivity contribution in [1.82, 2.24) is 4.98 Å². The molecule has 0 saturated heterocycles. The van der Waals surface area contributed by atoms with Gasteiger partial charge in [-0.25, -0.2) is 13.8 Å². The largest absolute Gasteiger partial charge is 0.480 e. The molecule has 96 valence electrons. The van der Waals surface area contributed by atoms with E-state index in [0.717, 1.165) is 0 Å². The molecule has 0 saturated carbocycles. The van der Waals surface area contributed by atoms with E-state index < -0.39 is 11.6 Å². The van der Waals surface area contributed by atoms with Crippen LogP contribution in [0.1, 0.15) is 10.6 Å². The van der Waals surface area contributed by atoms with Crippen LogP contribution in [0, 0.1) is 11.6 Å². The van der Waals surface area contributed by atoms with Gasteiger partial charge in [-0.1, -0.05) is 0 Å². The third kappa shape index (κ3) is 3.02. The number of nitrogens with zero attached hydrogens (tertiary/aromatic N) is 1. The molecule has 1 aromatic heterocycles. The van der Waals surface area contributed by atoms with Crippen molar-refractivity contribution in [3.05, 3.63) is 45.9 Å². The minimum Gasteiger partial charge on any atom is -0.480 e. The second-order valence-corrected chi connectivity index (χ2v) is 4.62. The van der Waals surface area contributed by atoms with E-state index in [9.17, 15) is 8.78 Å². The molecule has 0 atom stereocenters. The van der Waals surface area contributed by atoms with E-state index in [1.807, 2.05) is 0 Å². The zero-order chi connectivity index (χ0) is 13.0. The van der Waals surface area contributed by atoms with Gasteiger partial charge in [0.2, 0.25) is 0 Å². The van der Waals surface area contributed by atoms with Crippen LogP contribution < -0.4 is 10.5 Å². The van der Waals surface area contributed by atoms with E-state index in [1.54, 1.807) is 11.6 Å². The van der Waals surface area contributed by atoms with Crippen molar-refractivity contribution in [3.63, 3.8) is 0 Å². The maximum absolute atomic E-state index is 13.6. The summed E-state index contributed by atoms with van der Waals surface area (Å²) in [4.78, 5) is 3.97. The van der Waals surface area contributed by atoms with Gasteiger partial charge in [-0.15, -0.1) is 11.3 Å². The summed E-state index contributed by atoms with van der Waals surface area (Å²) >= 11 is 1.37. The van der Waals surface area contributed by atoms with E-state index in [2.05, 4.69) is 4.98 Å². The Bertz CT molecular complexity index is 494. The number of benzene rings is 1. The number of ether oxygens (including phenoxy) is 1. The number of aromatic nitrogens is 1. The normalized spacial score (nSPS) is 10.6. The highest BCUT2D eigenvalue weighted by Crippen LogP contribution is 2.24. The van der Waals surface area contributed by atoms with Crippen LogP contribution in [0.5, 0.6) is 5.75 Å². The maximum Gasteiger partial charge on any atom is 0.191 e. The Balaban J connectivity index is 2.12. The minimum absolute atomic E-state index is 0.0573. The zero-order valence-corrected chi connectivity index (χ0v) is 10.3. The number of rotatable bonds is 5. The molecule has 0 aliphatic carbocycles. The van der Waals surface area contributed by atoms with Gasteiger partial charge < -0.3 is 10.5 Å². The molecule has 3 nitrogen and oxygen atoms in total. The predicted octanol–water partition coefficient (Wildman–Crippen LogP) is 2.50. The van der Waals surface area contributed by atoms with E-state index in [4.69, 9.17) is 10.5 Å². The monoisotopic (exact) mass is 270 g/mol. The van der Waals surface area contributed by atoms with Crippen LogP contribution in [-0.2, 0) is 13.0 Å². The molecule has 2 rings (SSSR count). The van der Waals surface area contributed by atoms with Gasteiger partial charge in [0.15, 0.2) is 17.4 Å². The minimum atomic E-state index is -0.713. The SMILES string of the molecule is NCCc1cc(F)c(OCc2nccs2)c(F)c1. The van der Waals surface area contributed by atoms with E-state index in [0.29, 0.717) is 23.5 Å². The molecule has 0 fully saturated rings. The quantitative estimate of drug-likeness (QED) is 0.908. The van der Waals surface area contributed by atoms with Gasteiger partial charge in [-0.05, 0) is 30.7 Å². The topological polar surface area (TPSA) is 48.1 Å². The lowest BCUT2D eigenvalue weighted by molar-refractivity contribution is 0.273. The van der Waals surface area contributed by atoms with Gasteiger partial charge in [-0.3, -0.25) is 0 Å². The third-order valence-electron chi connectivity index (χ3n) is 2.31. The van der Waals surface area contributed by atoms with Crippen molar-refractivity contribution < 1.29 is 13.5 Å². The van der Waals surface area contributed by atoms with E-state index >= 15 is 0 Å². The lowest BCUT2D eigenvalue weighted by atomic mass is 10.1. The molecule has 0 aliphatic rings. The van der Waals surface area contributed by atoms with Crippen LogP contribution in [0.25, 0.3) is 0 Å². The molecule has 18 heavy (non-hydrogen) atoms. The van der Waals surface area contributed by atoms with Gasteiger partial charge in [-0.2, -0.15) is 0 Å². The maximum atomic E-state index is 13.6. The van der Waals surface area contributed by atoms with Gasteiger partial charge >= 0.3 is 0 Å². The Kier molecular flexibility index (Phi) is 4.22. The molecule has 0 amide bonds. The zero-order valence-electron chi connectivity index (χ0n) is 9.53. The predicted molar refractivity (Wildman–Crippen MR) is 65.6 cm³/mol. The second-order valence-electron chi connectivity index (χ2n) is 3.64. The first-order valence-corrected chi connectivity index (χ1v) is 6.28. The Morgan fingerprint density at radius 3 is 2.56 bits per heavy atom. The van der Waals surface area contributed by atoms with Gasteiger partial charge in [0.05, 0.1) is 0 Å². The highest BCUT2D eigenvalue weighted by atomic mass is 32.1. The Hall–Kier alpha value is -1.53. The average molecular weight is 270 g/mol. The summed E-state index contributed by atoms with van der Waals surface area (Å²) in [5, 5.41) is 2.44. The third-order valence-corrected chi connectivity index (χ3v) is 3.07. The first-order chi connectivity index (χ1) is 8.70. The lowest BCUT2D eigenvalue weighted by Gasteiger charge is -2.08. The van der Waals surface area contributed by atoms with Crippen LogP contribution in [0.2, 0.25) is 0 Å².